The number of fused-ring (bicyclic) bond motifs is 1. The van der Waals surface area contributed by atoms with Gasteiger partial charge in [-0.15, -0.1) is 0 Å². The van der Waals surface area contributed by atoms with Gasteiger partial charge in [0.2, 0.25) is 0 Å². The number of alkyl halides is 3. The Morgan fingerprint density at radius 2 is 2.00 bits per heavy atom. The molecule has 0 spiro atoms. The normalized spacial score (nSPS) is 16.1. The molecule has 0 aromatic carbocycles. The summed E-state index contributed by atoms with van der Waals surface area (Å²) in [4.78, 5) is 9.69. The van der Waals surface area contributed by atoms with Gasteiger partial charge in [0.05, 0.1) is 0 Å². The van der Waals surface area contributed by atoms with Crippen molar-refractivity contribution in [3.63, 3.8) is 0 Å². The first-order valence-corrected chi connectivity index (χ1v) is 5.99. The van der Waals surface area contributed by atoms with Crippen molar-refractivity contribution in [2.45, 2.75) is 12.6 Å². The van der Waals surface area contributed by atoms with Gasteiger partial charge >= 0.3 is 6.18 Å². The fourth-order valence-electron chi connectivity index (χ4n) is 1.82. The maximum absolute atomic E-state index is 12.9. The highest BCUT2D eigenvalue weighted by Crippen LogP contribution is 2.36. The lowest BCUT2D eigenvalue weighted by molar-refractivity contribution is -0.143. The van der Waals surface area contributed by atoms with Crippen molar-refractivity contribution in [3.05, 3.63) is 16.6 Å². The van der Waals surface area contributed by atoms with Gasteiger partial charge in [0.1, 0.15) is 10.9 Å². The predicted molar refractivity (Wildman–Crippen MR) is 60.3 cm³/mol. The van der Waals surface area contributed by atoms with Crippen LogP contribution >= 0.6 is 15.9 Å². The van der Waals surface area contributed by atoms with Gasteiger partial charge in [0, 0.05) is 13.1 Å². The Labute approximate surface area is 108 Å². The fraction of sp³-hybridized carbons (Fsp3) is 0.444. The average Bonchev–Trinajstić information content (AvgIpc) is 2.60. The summed E-state index contributed by atoms with van der Waals surface area (Å²) in [6.45, 7) is 1.54. The van der Waals surface area contributed by atoms with E-state index in [0.717, 1.165) is 30.4 Å². The van der Waals surface area contributed by atoms with Gasteiger partial charge in [0.25, 0.3) is 0 Å². The number of hydrogen-bond acceptors (Lipinski definition) is 4. The van der Waals surface area contributed by atoms with Crippen molar-refractivity contribution < 1.29 is 13.2 Å². The molecule has 0 bridgehead atoms. The first-order chi connectivity index (χ1) is 8.48. The first kappa shape index (κ1) is 11.7. The maximum atomic E-state index is 12.9. The molecule has 18 heavy (non-hydrogen) atoms. The van der Waals surface area contributed by atoms with Crippen LogP contribution in [0, 0.1) is 0 Å². The third-order valence-electron chi connectivity index (χ3n) is 2.78. The van der Waals surface area contributed by atoms with E-state index >= 15 is 0 Å². The maximum Gasteiger partial charge on any atom is 0.436 e. The molecule has 2 aromatic heterocycles. The fourth-order valence-corrected chi connectivity index (χ4v) is 2.38. The third-order valence-corrected chi connectivity index (χ3v) is 3.34. The summed E-state index contributed by atoms with van der Waals surface area (Å²) in [5.41, 5.74) is -0.815. The van der Waals surface area contributed by atoms with Crippen LogP contribution in [0.3, 0.4) is 0 Å². The molecule has 0 amide bonds. The lowest BCUT2D eigenvalue weighted by atomic mass is 10.2. The van der Waals surface area contributed by atoms with Crippen LogP contribution < -0.4 is 4.90 Å². The molecule has 3 heterocycles. The SMILES string of the molecule is FC(F)(F)c1c(Br)nc(N2CCC2)c2ncnn12. The summed E-state index contributed by atoms with van der Waals surface area (Å²) in [6.07, 6.45) is -2.44. The van der Waals surface area contributed by atoms with Crippen molar-refractivity contribution in [1.82, 2.24) is 19.6 Å². The van der Waals surface area contributed by atoms with Crippen LogP contribution in [0.4, 0.5) is 19.0 Å². The van der Waals surface area contributed by atoms with Crippen molar-refractivity contribution in [2.75, 3.05) is 18.0 Å². The lowest BCUT2D eigenvalue weighted by Crippen LogP contribution is -2.38. The molecule has 0 aliphatic carbocycles. The van der Waals surface area contributed by atoms with Gasteiger partial charge in [0.15, 0.2) is 17.2 Å². The minimum absolute atomic E-state index is 0.130. The predicted octanol–water partition coefficient (Wildman–Crippen LogP) is 2.12. The van der Waals surface area contributed by atoms with Crippen molar-refractivity contribution in [1.29, 1.82) is 0 Å². The number of rotatable bonds is 1. The minimum Gasteiger partial charge on any atom is -0.353 e. The zero-order chi connectivity index (χ0) is 12.9. The second-order valence-electron chi connectivity index (χ2n) is 3.91. The molecule has 0 atom stereocenters. The van der Waals surface area contributed by atoms with Gasteiger partial charge in [-0.2, -0.15) is 18.3 Å². The van der Waals surface area contributed by atoms with Crippen LogP contribution in [-0.2, 0) is 6.18 Å². The molecule has 3 rings (SSSR count). The number of nitrogens with zero attached hydrogens (tertiary/aromatic N) is 5. The van der Waals surface area contributed by atoms with E-state index in [2.05, 4.69) is 31.0 Å². The number of halogens is 4. The van der Waals surface area contributed by atoms with E-state index in [-0.39, 0.29) is 10.3 Å². The molecule has 1 fully saturated rings. The van der Waals surface area contributed by atoms with E-state index in [1.807, 2.05) is 4.90 Å². The second-order valence-corrected chi connectivity index (χ2v) is 4.66. The molecule has 1 aliphatic heterocycles. The zero-order valence-corrected chi connectivity index (χ0v) is 10.5. The second kappa shape index (κ2) is 3.81. The molecule has 9 heteroatoms. The Hall–Kier alpha value is -1.38. The molecule has 96 valence electrons. The van der Waals surface area contributed by atoms with Gasteiger partial charge in [-0.05, 0) is 22.4 Å². The van der Waals surface area contributed by atoms with Crippen molar-refractivity contribution >= 4 is 27.4 Å². The van der Waals surface area contributed by atoms with E-state index in [1.165, 1.54) is 0 Å². The number of hydrogen-bond donors (Lipinski definition) is 0. The van der Waals surface area contributed by atoms with Crippen LogP contribution in [0.15, 0.2) is 10.9 Å². The summed E-state index contributed by atoms with van der Waals surface area (Å²) >= 11 is 2.86. The molecule has 0 unspecified atom stereocenters. The molecule has 1 saturated heterocycles. The van der Waals surface area contributed by atoms with Gasteiger partial charge in [-0.25, -0.2) is 14.5 Å². The molecule has 2 aromatic rings. The van der Waals surface area contributed by atoms with Crippen LogP contribution in [0.1, 0.15) is 12.1 Å². The molecule has 5 nitrogen and oxygen atoms in total. The summed E-state index contributed by atoms with van der Waals surface area (Å²) in [5.74, 6) is 0.429. The third kappa shape index (κ3) is 1.64. The van der Waals surface area contributed by atoms with Crippen LogP contribution in [0.2, 0.25) is 0 Å². The Morgan fingerprint density at radius 1 is 1.28 bits per heavy atom. The van der Waals surface area contributed by atoms with E-state index in [1.54, 1.807) is 0 Å². The highest BCUT2D eigenvalue weighted by atomic mass is 79.9. The van der Waals surface area contributed by atoms with Crippen LogP contribution in [0.5, 0.6) is 0 Å². The van der Waals surface area contributed by atoms with E-state index in [4.69, 9.17) is 0 Å². The Balaban J connectivity index is 2.27. The summed E-state index contributed by atoms with van der Waals surface area (Å²) in [5, 5.41) is 3.64. The Morgan fingerprint density at radius 3 is 2.56 bits per heavy atom. The molecular formula is C9H7BrF3N5. The van der Waals surface area contributed by atoms with Gasteiger partial charge in [-0.3, -0.25) is 0 Å². The molecule has 0 radical (unpaired) electrons. The van der Waals surface area contributed by atoms with Crippen LogP contribution in [-0.4, -0.2) is 32.7 Å². The summed E-state index contributed by atoms with van der Waals surface area (Å²) in [7, 11) is 0. The van der Waals surface area contributed by atoms with E-state index in [0.29, 0.717) is 5.82 Å². The van der Waals surface area contributed by atoms with Crippen molar-refractivity contribution in [3.8, 4) is 0 Å². The van der Waals surface area contributed by atoms with Crippen LogP contribution in [0.25, 0.3) is 5.65 Å². The summed E-state index contributed by atoms with van der Waals surface area (Å²) < 4.78 is 39.3. The standard InChI is InChI=1S/C9H7BrF3N5/c10-6-5(9(11,12)13)18-7(14-4-15-18)8(16-6)17-2-1-3-17/h4H,1-3H2. The lowest BCUT2D eigenvalue weighted by Gasteiger charge is -2.32. The molecule has 0 N–H and O–H groups in total. The molecular weight excluding hydrogens is 315 g/mol. The quantitative estimate of drug-likeness (QED) is 0.807. The van der Waals surface area contributed by atoms with E-state index < -0.39 is 11.9 Å². The van der Waals surface area contributed by atoms with Gasteiger partial charge in [-0.1, -0.05) is 0 Å². The number of aromatic nitrogens is 4. The summed E-state index contributed by atoms with van der Waals surface area (Å²) in [6, 6.07) is 0. The first-order valence-electron chi connectivity index (χ1n) is 5.20. The monoisotopic (exact) mass is 321 g/mol. The average molecular weight is 322 g/mol. The highest BCUT2D eigenvalue weighted by Gasteiger charge is 2.39. The Bertz CT molecular complexity index is 604. The Kier molecular flexibility index (Phi) is 2.47. The highest BCUT2D eigenvalue weighted by molar-refractivity contribution is 9.10. The minimum atomic E-state index is -4.54. The number of anilines is 1. The zero-order valence-electron chi connectivity index (χ0n) is 8.95. The van der Waals surface area contributed by atoms with E-state index in [9.17, 15) is 13.2 Å². The van der Waals surface area contributed by atoms with Crippen molar-refractivity contribution in [2.24, 2.45) is 0 Å². The van der Waals surface area contributed by atoms with Gasteiger partial charge < -0.3 is 4.90 Å². The largest absolute Gasteiger partial charge is 0.436 e. The molecule has 1 aliphatic rings. The smallest absolute Gasteiger partial charge is 0.353 e. The molecule has 0 saturated carbocycles. The topological polar surface area (TPSA) is 46.3 Å².